The molecule has 7 nitrogen and oxygen atoms in total. The minimum atomic E-state index is -0.262. The highest BCUT2D eigenvalue weighted by Crippen LogP contribution is 2.14. The Morgan fingerprint density at radius 2 is 1.77 bits per heavy atom. The van der Waals surface area contributed by atoms with Gasteiger partial charge in [-0.1, -0.05) is 30.2 Å². The summed E-state index contributed by atoms with van der Waals surface area (Å²) in [4.78, 5) is 14.8. The Bertz CT molecular complexity index is 744. The minimum absolute atomic E-state index is 0.262. The van der Waals surface area contributed by atoms with Gasteiger partial charge in [0.1, 0.15) is 0 Å². The van der Waals surface area contributed by atoms with Crippen LogP contribution in [0.4, 0.5) is 16.2 Å². The summed E-state index contributed by atoms with van der Waals surface area (Å²) >= 11 is 0. The molecule has 0 unspecified atom stereocenters. The van der Waals surface area contributed by atoms with Crippen molar-refractivity contribution in [1.29, 1.82) is 0 Å². The van der Waals surface area contributed by atoms with Crippen LogP contribution in [0.15, 0.2) is 58.0 Å². The molecule has 31 heavy (non-hydrogen) atoms. The molecule has 1 fully saturated rings. The molecule has 0 aliphatic carbocycles. The second kappa shape index (κ2) is 14.4. The third-order valence-corrected chi connectivity index (χ3v) is 5.13. The van der Waals surface area contributed by atoms with Gasteiger partial charge in [-0.25, -0.2) is 4.79 Å². The van der Waals surface area contributed by atoms with Crippen LogP contribution < -0.4 is 16.1 Å². The van der Waals surface area contributed by atoms with Crippen LogP contribution in [0.5, 0.6) is 0 Å². The van der Waals surface area contributed by atoms with Crippen molar-refractivity contribution < 1.29 is 4.79 Å². The Balaban J connectivity index is 1.66. The van der Waals surface area contributed by atoms with Crippen LogP contribution in [-0.2, 0) is 0 Å². The second-order valence-electron chi connectivity index (χ2n) is 8.07. The number of benzene rings is 1. The molecule has 7 heteroatoms. The number of urea groups is 1. The first-order valence-electron chi connectivity index (χ1n) is 11.5. The van der Waals surface area contributed by atoms with Crippen molar-refractivity contribution in [2.75, 3.05) is 36.9 Å². The lowest BCUT2D eigenvalue weighted by Crippen LogP contribution is -2.30. The average molecular weight is 427 g/mol. The quantitative estimate of drug-likeness (QED) is 0.173. The highest BCUT2D eigenvalue weighted by Gasteiger charge is 2.08. The topological polar surface area (TPSA) is 81.1 Å². The summed E-state index contributed by atoms with van der Waals surface area (Å²) in [5.41, 5.74) is 6.35. The maximum absolute atomic E-state index is 12.2. The maximum Gasteiger partial charge on any atom is 0.323 e. The number of nitrogens with zero attached hydrogens (tertiary/aromatic N) is 3. The molecule has 3 N–H and O–H groups in total. The molecule has 1 saturated heterocycles. The van der Waals surface area contributed by atoms with Gasteiger partial charge in [-0.2, -0.15) is 5.11 Å². The zero-order valence-corrected chi connectivity index (χ0v) is 19.3. The summed E-state index contributed by atoms with van der Waals surface area (Å²) < 4.78 is 0. The van der Waals surface area contributed by atoms with Crippen LogP contribution in [-0.4, -0.2) is 37.1 Å². The van der Waals surface area contributed by atoms with Crippen molar-refractivity contribution in [2.24, 2.45) is 10.3 Å². The largest absolute Gasteiger partial charge is 0.323 e. The van der Waals surface area contributed by atoms with Gasteiger partial charge >= 0.3 is 6.03 Å². The van der Waals surface area contributed by atoms with Gasteiger partial charge in [-0.15, -0.1) is 0 Å². The van der Waals surface area contributed by atoms with E-state index in [1.807, 2.05) is 50.3 Å². The molecule has 0 bridgehead atoms. The van der Waals surface area contributed by atoms with Crippen molar-refractivity contribution >= 4 is 17.4 Å². The van der Waals surface area contributed by atoms with Gasteiger partial charge < -0.3 is 15.5 Å². The predicted molar refractivity (Wildman–Crippen MR) is 129 cm³/mol. The summed E-state index contributed by atoms with van der Waals surface area (Å²) in [6.45, 7) is 10.4. The summed E-state index contributed by atoms with van der Waals surface area (Å²) in [7, 11) is 0. The standard InChI is InChI=1S/C24H38N6O/c1-4-5-11-23(20(2)3)27-24(31)26-21-12-14-22(15-13-21)28-29-25-16-7-10-19-30-17-8-6-9-18-30/h5,11-15H,4,6-10,16-19H2,1-3H3,(H,25,28)(H2,26,27,31)/b11-5-. The number of rotatable bonds is 11. The number of nitrogens with one attached hydrogen (secondary N) is 3. The number of likely N-dealkylation sites (tertiary alicyclic amines) is 1. The number of hydrogen-bond acceptors (Lipinski definition) is 4. The van der Waals surface area contributed by atoms with Crippen LogP contribution in [0.25, 0.3) is 0 Å². The molecule has 0 aromatic heterocycles. The van der Waals surface area contributed by atoms with E-state index in [1.54, 1.807) is 0 Å². The number of piperidine rings is 1. The Labute approximate surface area is 187 Å². The van der Waals surface area contributed by atoms with E-state index in [0.717, 1.165) is 36.3 Å². The molecule has 1 aliphatic rings. The third kappa shape index (κ3) is 10.3. The lowest BCUT2D eigenvalue weighted by molar-refractivity contribution is 0.225. The van der Waals surface area contributed by atoms with Gasteiger partial charge in [0.05, 0.1) is 12.2 Å². The monoisotopic (exact) mass is 426 g/mol. The highest BCUT2D eigenvalue weighted by molar-refractivity contribution is 5.90. The molecular weight excluding hydrogens is 388 g/mol. The molecule has 0 radical (unpaired) electrons. The first kappa shape index (κ1) is 24.6. The molecule has 1 heterocycles. The summed E-state index contributed by atoms with van der Waals surface area (Å²) in [5.74, 6) is 0. The van der Waals surface area contributed by atoms with E-state index in [2.05, 4.69) is 38.2 Å². The minimum Gasteiger partial charge on any atom is -0.308 e. The molecule has 2 rings (SSSR count). The molecule has 2 amide bonds. The smallest absolute Gasteiger partial charge is 0.308 e. The van der Waals surface area contributed by atoms with Gasteiger partial charge in [0, 0.05) is 11.4 Å². The number of carbonyl (C=O) groups is 1. The number of hydrogen-bond donors (Lipinski definition) is 3. The van der Waals surface area contributed by atoms with Crippen molar-refractivity contribution in [3.63, 3.8) is 0 Å². The van der Waals surface area contributed by atoms with E-state index in [-0.39, 0.29) is 6.03 Å². The van der Waals surface area contributed by atoms with Gasteiger partial charge in [0.2, 0.25) is 0 Å². The number of unbranched alkanes of at least 4 members (excludes halogenated alkanes) is 1. The van der Waals surface area contributed by atoms with E-state index in [1.165, 1.54) is 45.3 Å². The Kier molecular flexibility index (Phi) is 11.4. The lowest BCUT2D eigenvalue weighted by atomic mass is 10.1. The molecule has 170 valence electrons. The van der Waals surface area contributed by atoms with Gasteiger partial charge in [-0.3, -0.25) is 5.43 Å². The molecule has 0 saturated carbocycles. The number of carbonyl (C=O) groups excluding carboxylic acids is 1. The molecule has 1 aliphatic heterocycles. The van der Waals surface area contributed by atoms with E-state index >= 15 is 0 Å². The zero-order valence-electron chi connectivity index (χ0n) is 19.3. The van der Waals surface area contributed by atoms with Crippen molar-refractivity contribution in [3.05, 3.63) is 47.7 Å². The van der Waals surface area contributed by atoms with E-state index in [4.69, 9.17) is 0 Å². The summed E-state index contributed by atoms with van der Waals surface area (Å²) in [6.07, 6.45) is 11.2. The van der Waals surface area contributed by atoms with E-state index < -0.39 is 0 Å². The summed E-state index contributed by atoms with van der Waals surface area (Å²) in [5, 5.41) is 14.0. The van der Waals surface area contributed by atoms with Crippen molar-refractivity contribution in [2.45, 2.75) is 59.3 Å². The Morgan fingerprint density at radius 1 is 1.06 bits per heavy atom. The van der Waals surface area contributed by atoms with Gasteiger partial charge in [-0.05, 0) is 95.9 Å². The fraction of sp³-hybridized carbons (Fsp3) is 0.542. The van der Waals surface area contributed by atoms with Crippen LogP contribution >= 0.6 is 0 Å². The average Bonchev–Trinajstić information content (AvgIpc) is 2.77. The van der Waals surface area contributed by atoms with Crippen LogP contribution in [0.1, 0.15) is 59.3 Å². The van der Waals surface area contributed by atoms with Gasteiger partial charge in [0.25, 0.3) is 0 Å². The third-order valence-electron chi connectivity index (χ3n) is 5.13. The highest BCUT2D eigenvalue weighted by atomic mass is 16.2. The SMILES string of the molecule is CC/C=C\C(NC(=O)Nc1ccc(NN=NCCCCN2CCCCC2)cc1)=C(C)C. The maximum atomic E-state index is 12.2. The van der Waals surface area contributed by atoms with Crippen LogP contribution in [0.2, 0.25) is 0 Å². The van der Waals surface area contributed by atoms with Crippen LogP contribution in [0, 0.1) is 0 Å². The number of allylic oxidation sites excluding steroid dienone is 3. The van der Waals surface area contributed by atoms with E-state index in [0.29, 0.717) is 5.69 Å². The zero-order chi connectivity index (χ0) is 22.3. The lowest BCUT2D eigenvalue weighted by Gasteiger charge is -2.26. The van der Waals surface area contributed by atoms with E-state index in [9.17, 15) is 4.79 Å². The fourth-order valence-electron chi connectivity index (χ4n) is 3.33. The van der Waals surface area contributed by atoms with Gasteiger partial charge in [0.15, 0.2) is 0 Å². The molecule has 1 aromatic rings. The van der Waals surface area contributed by atoms with Crippen molar-refractivity contribution in [1.82, 2.24) is 10.2 Å². The second-order valence-corrected chi connectivity index (χ2v) is 8.07. The Hall–Kier alpha value is -2.67. The molecule has 0 atom stereocenters. The first-order valence-corrected chi connectivity index (χ1v) is 11.5. The molecule has 1 aromatic carbocycles. The normalized spacial score (nSPS) is 14.7. The fourth-order valence-corrected chi connectivity index (χ4v) is 3.33. The number of anilines is 2. The molecular formula is C24H38N6O. The van der Waals surface area contributed by atoms with Crippen molar-refractivity contribution in [3.8, 4) is 0 Å². The van der Waals surface area contributed by atoms with Crippen LogP contribution in [0.3, 0.4) is 0 Å². The Morgan fingerprint density at radius 3 is 2.45 bits per heavy atom. The molecule has 0 spiro atoms. The first-order chi connectivity index (χ1) is 15.1. The predicted octanol–water partition coefficient (Wildman–Crippen LogP) is 6.11. The number of amides is 2. The summed E-state index contributed by atoms with van der Waals surface area (Å²) in [6, 6.07) is 7.13.